The summed E-state index contributed by atoms with van der Waals surface area (Å²) in [5.41, 5.74) is 11.0. The number of carboxylic acids is 2. The molecule has 2 aromatic heterocycles. The van der Waals surface area contributed by atoms with Crippen molar-refractivity contribution in [1.82, 2.24) is 24.3 Å². The third-order valence-corrected chi connectivity index (χ3v) is 13.4. The fraction of sp³-hybridized carbons (Fsp3) is 0.545. The number of carboxylic acid groups (broad SMARTS) is 2. The number of carbonyl (C=O) groups is 6. The van der Waals surface area contributed by atoms with Crippen LogP contribution in [0.5, 0.6) is 5.75 Å². The first-order valence-corrected chi connectivity index (χ1v) is 21.7. The molecule has 6 heterocycles. The molecule has 1 aromatic carbocycles. The molecule has 3 atom stereocenters. The summed E-state index contributed by atoms with van der Waals surface area (Å²) >= 11 is 0. The van der Waals surface area contributed by atoms with Crippen LogP contribution in [0.4, 0.5) is 4.79 Å². The second-order valence-electron chi connectivity index (χ2n) is 17.0. The topological polar surface area (TPSA) is 278 Å². The second kappa shape index (κ2) is 19.5. The van der Waals surface area contributed by atoms with E-state index in [1.54, 1.807) is 40.7 Å². The number of ether oxygens (including phenoxy) is 2. The number of likely N-dealkylation sites (tertiary alicyclic amines) is 1. The Bertz CT molecular complexity index is 2380. The van der Waals surface area contributed by atoms with Crippen molar-refractivity contribution in [3.05, 3.63) is 56.9 Å². The molecule has 20 heteroatoms. The molecule has 3 aromatic rings. The van der Waals surface area contributed by atoms with Crippen LogP contribution in [0.3, 0.4) is 0 Å². The maximum Gasteiger partial charge on any atom is 4.00 e. The smallest absolute Gasteiger partial charge is 0.480 e. The van der Waals surface area contributed by atoms with Crippen LogP contribution in [0.25, 0.3) is 22.3 Å². The van der Waals surface area contributed by atoms with Gasteiger partial charge in [0.25, 0.3) is 5.56 Å². The minimum Gasteiger partial charge on any atom is -0.480 e. The summed E-state index contributed by atoms with van der Waals surface area (Å²) in [5, 5.41) is 30.7. The monoisotopic (exact) mass is 1070 g/mol. The van der Waals surface area contributed by atoms with E-state index in [2.05, 4.69) is 0 Å². The molecule has 1 aliphatic carbocycles. The molecule has 5 aliphatic rings. The van der Waals surface area contributed by atoms with Gasteiger partial charge in [0.15, 0.2) is 11.0 Å². The van der Waals surface area contributed by atoms with Crippen LogP contribution in [0.1, 0.15) is 93.9 Å². The van der Waals surface area contributed by atoms with E-state index >= 15 is 0 Å². The number of hydrogen-bond acceptors (Lipinski definition) is 13. The van der Waals surface area contributed by atoms with Gasteiger partial charge in [-0.1, -0.05) is 26.7 Å². The maximum absolute atomic E-state index is 13.6. The number of aromatic nitrogens is 2. The number of nitrogens with zero attached hydrogens (tertiary/aromatic N) is 5. The third kappa shape index (κ3) is 9.04. The molecule has 0 unspecified atom stereocenters. The van der Waals surface area contributed by atoms with Crippen LogP contribution in [0.15, 0.2) is 29.1 Å². The molecule has 2 saturated heterocycles. The van der Waals surface area contributed by atoms with E-state index in [0.29, 0.717) is 29.1 Å². The number of piperidine rings is 1. The Kier molecular flexibility index (Phi) is 14.7. The Morgan fingerprint density at radius 2 is 1.42 bits per heavy atom. The molecule has 344 valence electrons. The zero-order chi connectivity index (χ0) is 45.4. The number of nitrogens with two attached hydrogens (primary N) is 2. The molecule has 4 aliphatic heterocycles. The van der Waals surface area contributed by atoms with Gasteiger partial charge >= 0.3 is 45.1 Å². The molecule has 0 spiro atoms. The summed E-state index contributed by atoms with van der Waals surface area (Å²) in [6.07, 6.45) is 4.23. The second-order valence-corrected chi connectivity index (χ2v) is 17.0. The number of aliphatic hydroxyl groups is 1. The van der Waals surface area contributed by atoms with Crippen molar-refractivity contribution in [2.24, 2.45) is 16.9 Å². The SMILES string of the molecule is CCc1c2c(nc3ccc(OC(=O)N4CCN(C(=O)CCC(=O)N5CCC(C(=O)O)(C(=O)O)CC5)CC4)cc13)-c1cc3c(c(=O)n1C2)COC(=O)[C@]3(O)CC.N[C@@H]1CCCC[C@H]1N.[Pt+4]. The molecule has 7 N–H and O–H groups in total. The van der Waals surface area contributed by atoms with Crippen LogP contribution in [0, 0.1) is 5.41 Å². The molecular weight excluding hydrogens is 1010 g/mol. The Labute approximate surface area is 383 Å². The molecule has 8 rings (SSSR count). The number of fused-ring (bicyclic) bond motifs is 5. The molecule has 3 fully saturated rings. The van der Waals surface area contributed by atoms with Crippen LogP contribution in [-0.2, 0) is 74.9 Å². The zero-order valence-electron chi connectivity index (χ0n) is 35.9. The molecule has 19 nitrogen and oxygen atoms in total. The molecule has 64 heavy (non-hydrogen) atoms. The average molecular weight is 1070 g/mol. The predicted octanol–water partition coefficient (Wildman–Crippen LogP) is 2.06. The minimum absolute atomic E-state index is 0. The summed E-state index contributed by atoms with van der Waals surface area (Å²) in [6, 6.07) is 7.32. The van der Waals surface area contributed by atoms with Crippen molar-refractivity contribution in [3.8, 4) is 17.1 Å². The molecule has 1 saturated carbocycles. The van der Waals surface area contributed by atoms with E-state index < -0.39 is 35.0 Å². The first kappa shape index (κ1) is 48.2. The van der Waals surface area contributed by atoms with E-state index in [-0.39, 0.29) is 146 Å². The Morgan fingerprint density at radius 3 is 1.97 bits per heavy atom. The quantitative estimate of drug-likeness (QED) is 0.125. The largest absolute Gasteiger partial charge is 4.00 e. The normalized spacial score (nSPS) is 22.1. The zero-order valence-corrected chi connectivity index (χ0v) is 38.2. The number of aliphatic carboxylic acids is 2. The molecular formula is C44H55N7O12Pt+4. The van der Waals surface area contributed by atoms with Gasteiger partial charge < -0.3 is 55.5 Å². The number of hydrogen-bond donors (Lipinski definition) is 5. The summed E-state index contributed by atoms with van der Waals surface area (Å²) in [6.45, 7) is 4.48. The van der Waals surface area contributed by atoms with Gasteiger partial charge in [-0.25, -0.2) is 14.6 Å². The van der Waals surface area contributed by atoms with Gasteiger partial charge in [0, 0.05) is 80.7 Å². The Morgan fingerprint density at radius 1 is 0.844 bits per heavy atom. The van der Waals surface area contributed by atoms with Crippen LogP contribution in [-0.4, -0.2) is 127 Å². The molecule has 3 amide bonds. The number of rotatable bonds is 8. The van der Waals surface area contributed by atoms with Gasteiger partial charge in [0.1, 0.15) is 12.4 Å². The number of aryl methyl sites for hydroxylation is 1. The summed E-state index contributed by atoms with van der Waals surface area (Å²) < 4.78 is 12.5. The van der Waals surface area contributed by atoms with Gasteiger partial charge in [0.2, 0.25) is 11.8 Å². The fourth-order valence-corrected chi connectivity index (χ4v) is 9.29. The fourth-order valence-electron chi connectivity index (χ4n) is 9.29. The van der Waals surface area contributed by atoms with Gasteiger partial charge in [-0.05, 0) is 68.4 Å². The summed E-state index contributed by atoms with van der Waals surface area (Å²) in [4.78, 5) is 97.5. The van der Waals surface area contributed by atoms with E-state index in [9.17, 15) is 48.9 Å². The van der Waals surface area contributed by atoms with Crippen LogP contribution >= 0.6 is 0 Å². The van der Waals surface area contributed by atoms with E-state index in [1.165, 1.54) is 22.6 Å². The van der Waals surface area contributed by atoms with Gasteiger partial charge in [-0.3, -0.25) is 24.0 Å². The van der Waals surface area contributed by atoms with Crippen molar-refractivity contribution in [1.29, 1.82) is 0 Å². The van der Waals surface area contributed by atoms with Crippen LogP contribution < -0.4 is 21.8 Å². The first-order valence-electron chi connectivity index (χ1n) is 21.7. The summed E-state index contributed by atoms with van der Waals surface area (Å²) in [5.74, 6) is -3.97. The molecule has 0 radical (unpaired) electrons. The van der Waals surface area contributed by atoms with E-state index in [0.717, 1.165) is 29.4 Å². The number of carbonyl (C=O) groups excluding carboxylic acids is 4. The predicted molar refractivity (Wildman–Crippen MR) is 225 cm³/mol. The number of benzene rings is 1. The van der Waals surface area contributed by atoms with Crippen molar-refractivity contribution in [3.63, 3.8) is 0 Å². The van der Waals surface area contributed by atoms with E-state index in [1.807, 2.05) is 6.92 Å². The summed E-state index contributed by atoms with van der Waals surface area (Å²) in [7, 11) is 0. The van der Waals surface area contributed by atoms with E-state index in [4.69, 9.17) is 25.9 Å². The number of amides is 3. The maximum atomic E-state index is 13.6. The standard InChI is InChI=1S/C38H41N5O12.C6H14N2.Pt/c1-3-22-23-17-21(5-6-27(23)39-31-24(22)19-43-28(31)18-26-25(32(43)46)20-54-35(51)38(26,53)4-2)55-36(52)42-15-13-41(14-16-42)30(45)8-7-29(44)40-11-9-37(10-12-40,33(47)48)34(49)50;7-5-3-1-2-4-6(5)8;/h5-6,17-18,53H,3-4,7-16,19-20H2,1-2H3,(H,47,48)(H,49,50);5-6H,1-4,7-8H2;/q;;+4/t38-;5-,6-;/m01./s1. The Balaban J connectivity index is 0.000000682. The van der Waals surface area contributed by atoms with Crippen LogP contribution in [0.2, 0.25) is 0 Å². The average Bonchev–Trinajstić information content (AvgIpc) is 3.65. The van der Waals surface area contributed by atoms with Crippen molar-refractivity contribution in [2.45, 2.75) is 109 Å². The van der Waals surface area contributed by atoms with Crippen molar-refractivity contribution in [2.75, 3.05) is 39.3 Å². The van der Waals surface area contributed by atoms with Crippen molar-refractivity contribution < 1.29 is 74.6 Å². The van der Waals surface area contributed by atoms with Crippen molar-refractivity contribution >= 4 is 46.7 Å². The number of cyclic esters (lactones) is 1. The number of piperazine rings is 1. The Hall–Kier alpha value is -5.23. The molecule has 0 bridgehead atoms. The number of pyridine rings is 2. The van der Waals surface area contributed by atoms with Gasteiger partial charge in [-0.15, -0.1) is 0 Å². The number of esters is 1. The van der Waals surface area contributed by atoms with Gasteiger partial charge in [-0.2, -0.15) is 0 Å². The van der Waals surface area contributed by atoms with Gasteiger partial charge in [0.05, 0.1) is 29.0 Å². The third-order valence-electron chi connectivity index (χ3n) is 13.4. The first-order chi connectivity index (χ1) is 30.0. The minimum atomic E-state index is -1.93.